The van der Waals surface area contributed by atoms with Crippen molar-refractivity contribution in [1.82, 2.24) is 4.57 Å². The molecule has 4 heteroatoms. The summed E-state index contributed by atoms with van der Waals surface area (Å²) >= 11 is 0. The van der Waals surface area contributed by atoms with Crippen LogP contribution in [0.5, 0.6) is 5.88 Å². The molecule has 1 aromatic rings. The van der Waals surface area contributed by atoms with Gasteiger partial charge in [-0.1, -0.05) is 0 Å². The maximum absolute atomic E-state index is 11.4. The Labute approximate surface area is 76.1 Å². The summed E-state index contributed by atoms with van der Waals surface area (Å²) in [7, 11) is 0. The molecule has 1 atom stereocenters. The Morgan fingerprint density at radius 1 is 1.54 bits per heavy atom. The highest BCUT2D eigenvalue weighted by atomic mass is 16.3. The van der Waals surface area contributed by atoms with Crippen LogP contribution in [0.15, 0.2) is 16.9 Å². The third kappa shape index (κ3) is 1.89. The molecule has 0 aliphatic heterocycles. The van der Waals surface area contributed by atoms with Crippen LogP contribution < -0.4 is 5.56 Å². The van der Waals surface area contributed by atoms with Gasteiger partial charge in [-0.05, 0) is 19.4 Å². The summed E-state index contributed by atoms with van der Waals surface area (Å²) in [5.41, 5.74) is 0.419. The van der Waals surface area contributed by atoms with Crippen molar-refractivity contribution < 1.29 is 10.2 Å². The van der Waals surface area contributed by atoms with Crippen LogP contribution in [0.4, 0.5) is 0 Å². The average Bonchev–Trinajstić information content (AvgIpc) is 2.02. The van der Waals surface area contributed by atoms with Crippen LogP contribution in [0.25, 0.3) is 0 Å². The molecule has 0 aliphatic carbocycles. The van der Waals surface area contributed by atoms with Crippen LogP contribution in [0, 0.1) is 6.92 Å². The van der Waals surface area contributed by atoms with Crippen LogP contribution in [-0.2, 0) is 0 Å². The molecular weight excluding hydrogens is 170 g/mol. The van der Waals surface area contributed by atoms with Gasteiger partial charge in [0.15, 0.2) is 5.88 Å². The molecular formula is C9H13NO3. The van der Waals surface area contributed by atoms with E-state index in [-0.39, 0.29) is 18.0 Å². The Hall–Kier alpha value is -1.29. The van der Waals surface area contributed by atoms with E-state index in [1.807, 2.05) is 0 Å². The van der Waals surface area contributed by atoms with E-state index in [4.69, 9.17) is 5.11 Å². The Balaban J connectivity index is 3.29. The number of hydrogen-bond acceptors (Lipinski definition) is 3. The van der Waals surface area contributed by atoms with Gasteiger partial charge in [-0.3, -0.25) is 9.36 Å². The van der Waals surface area contributed by atoms with Gasteiger partial charge in [0, 0.05) is 12.1 Å². The zero-order valence-electron chi connectivity index (χ0n) is 7.69. The molecule has 13 heavy (non-hydrogen) atoms. The molecule has 72 valence electrons. The zero-order valence-corrected chi connectivity index (χ0v) is 7.69. The van der Waals surface area contributed by atoms with E-state index in [9.17, 15) is 9.90 Å². The third-order valence-corrected chi connectivity index (χ3v) is 1.90. The Morgan fingerprint density at radius 3 is 2.62 bits per heavy atom. The third-order valence-electron chi connectivity index (χ3n) is 1.90. The molecule has 0 aliphatic rings. The fourth-order valence-corrected chi connectivity index (χ4v) is 1.22. The lowest BCUT2D eigenvalue weighted by molar-refractivity contribution is 0.225. The van der Waals surface area contributed by atoms with Crippen molar-refractivity contribution in [2.45, 2.75) is 19.9 Å². The summed E-state index contributed by atoms with van der Waals surface area (Å²) in [6.45, 7) is 3.22. The molecule has 0 saturated heterocycles. The normalized spacial score (nSPS) is 12.8. The maximum Gasteiger partial charge on any atom is 0.253 e. The van der Waals surface area contributed by atoms with Crippen molar-refractivity contribution in [2.75, 3.05) is 6.61 Å². The lowest BCUT2D eigenvalue weighted by Gasteiger charge is -2.14. The first-order valence-corrected chi connectivity index (χ1v) is 4.09. The summed E-state index contributed by atoms with van der Waals surface area (Å²) in [5, 5.41) is 18.3. The molecule has 0 spiro atoms. The monoisotopic (exact) mass is 183 g/mol. The standard InChI is InChI=1S/C9H13NO3/c1-6-3-8(12)10(7(2)5-11)9(13)4-6/h3-4,7,11-12H,5H2,1-2H3. The number of hydrogen-bond donors (Lipinski definition) is 2. The number of aromatic hydroxyl groups is 1. The van der Waals surface area contributed by atoms with Gasteiger partial charge in [-0.15, -0.1) is 0 Å². The average molecular weight is 183 g/mol. The van der Waals surface area contributed by atoms with Gasteiger partial charge in [0.1, 0.15) is 0 Å². The maximum atomic E-state index is 11.4. The number of pyridine rings is 1. The number of aromatic nitrogens is 1. The van der Waals surface area contributed by atoms with Crippen molar-refractivity contribution in [3.05, 3.63) is 28.0 Å². The van der Waals surface area contributed by atoms with Gasteiger partial charge in [0.05, 0.1) is 12.6 Å². The summed E-state index contributed by atoms with van der Waals surface area (Å²) in [5.74, 6) is -0.105. The molecule has 1 unspecified atom stereocenters. The fraction of sp³-hybridized carbons (Fsp3) is 0.444. The number of rotatable bonds is 2. The summed E-state index contributed by atoms with van der Waals surface area (Å²) in [6.07, 6.45) is 0. The molecule has 0 fully saturated rings. The van der Waals surface area contributed by atoms with Gasteiger partial charge in [-0.2, -0.15) is 0 Å². The molecule has 1 aromatic heterocycles. The topological polar surface area (TPSA) is 62.5 Å². The van der Waals surface area contributed by atoms with E-state index in [1.54, 1.807) is 13.8 Å². The van der Waals surface area contributed by atoms with Crippen LogP contribution in [0.2, 0.25) is 0 Å². The highest BCUT2D eigenvalue weighted by molar-refractivity contribution is 5.20. The molecule has 0 bridgehead atoms. The van der Waals surface area contributed by atoms with Gasteiger partial charge in [0.2, 0.25) is 0 Å². The van der Waals surface area contributed by atoms with E-state index in [2.05, 4.69) is 0 Å². The fourth-order valence-electron chi connectivity index (χ4n) is 1.22. The van der Waals surface area contributed by atoms with E-state index in [0.717, 1.165) is 4.57 Å². The molecule has 0 saturated carbocycles. The summed E-state index contributed by atoms with van der Waals surface area (Å²) in [6, 6.07) is 2.52. The molecule has 0 amide bonds. The predicted octanol–water partition coefficient (Wildman–Crippen LogP) is 0.416. The molecule has 2 N–H and O–H groups in total. The number of aliphatic hydroxyl groups is 1. The molecule has 1 heterocycles. The van der Waals surface area contributed by atoms with Crippen molar-refractivity contribution in [3.8, 4) is 5.88 Å². The largest absolute Gasteiger partial charge is 0.494 e. The smallest absolute Gasteiger partial charge is 0.253 e. The quantitative estimate of drug-likeness (QED) is 0.698. The lowest BCUT2D eigenvalue weighted by atomic mass is 10.2. The first-order chi connectivity index (χ1) is 6.06. The molecule has 0 aromatic carbocycles. The van der Waals surface area contributed by atoms with Crippen molar-refractivity contribution >= 4 is 0 Å². The Morgan fingerprint density at radius 2 is 2.15 bits per heavy atom. The second-order valence-electron chi connectivity index (χ2n) is 3.13. The van der Waals surface area contributed by atoms with Crippen molar-refractivity contribution in [3.63, 3.8) is 0 Å². The Bertz CT molecular complexity index is 356. The van der Waals surface area contributed by atoms with Crippen LogP contribution >= 0.6 is 0 Å². The van der Waals surface area contributed by atoms with Gasteiger partial charge in [0.25, 0.3) is 5.56 Å². The number of aryl methyl sites for hydroxylation is 1. The highest BCUT2D eigenvalue weighted by Crippen LogP contribution is 2.13. The first-order valence-electron chi connectivity index (χ1n) is 4.09. The van der Waals surface area contributed by atoms with Crippen molar-refractivity contribution in [1.29, 1.82) is 0 Å². The summed E-state index contributed by atoms with van der Waals surface area (Å²) < 4.78 is 1.16. The number of aliphatic hydroxyl groups excluding tert-OH is 1. The molecule has 1 rings (SSSR count). The minimum Gasteiger partial charge on any atom is -0.494 e. The van der Waals surface area contributed by atoms with E-state index in [1.165, 1.54) is 12.1 Å². The minimum absolute atomic E-state index is 0.105. The molecule has 0 radical (unpaired) electrons. The highest BCUT2D eigenvalue weighted by Gasteiger charge is 2.09. The molecule has 4 nitrogen and oxygen atoms in total. The Kier molecular flexibility index (Phi) is 2.72. The van der Waals surface area contributed by atoms with Gasteiger partial charge in [-0.25, -0.2) is 0 Å². The first kappa shape index (κ1) is 9.80. The summed E-state index contributed by atoms with van der Waals surface area (Å²) in [4.78, 5) is 11.4. The second-order valence-corrected chi connectivity index (χ2v) is 3.13. The SMILES string of the molecule is Cc1cc(O)n(C(C)CO)c(=O)c1. The lowest BCUT2D eigenvalue weighted by Crippen LogP contribution is -2.24. The minimum atomic E-state index is -0.395. The predicted molar refractivity (Wildman–Crippen MR) is 48.9 cm³/mol. The van der Waals surface area contributed by atoms with Crippen LogP contribution in [-0.4, -0.2) is 21.4 Å². The van der Waals surface area contributed by atoms with Crippen molar-refractivity contribution in [2.24, 2.45) is 0 Å². The van der Waals surface area contributed by atoms with Crippen LogP contribution in [0.1, 0.15) is 18.5 Å². The van der Waals surface area contributed by atoms with Crippen LogP contribution in [0.3, 0.4) is 0 Å². The number of nitrogens with zero attached hydrogens (tertiary/aromatic N) is 1. The van der Waals surface area contributed by atoms with E-state index >= 15 is 0 Å². The zero-order chi connectivity index (χ0) is 10.0. The van der Waals surface area contributed by atoms with Gasteiger partial charge < -0.3 is 10.2 Å². The van der Waals surface area contributed by atoms with E-state index in [0.29, 0.717) is 5.56 Å². The van der Waals surface area contributed by atoms with Gasteiger partial charge >= 0.3 is 0 Å². The van der Waals surface area contributed by atoms with E-state index < -0.39 is 6.04 Å². The second kappa shape index (κ2) is 3.62.